The number of carboxylic acids is 1. The van der Waals surface area contributed by atoms with Gasteiger partial charge in [-0.2, -0.15) is 0 Å². The van der Waals surface area contributed by atoms with Gasteiger partial charge in [-0.3, -0.25) is 14.5 Å². The molecule has 2 unspecified atom stereocenters. The number of ether oxygens (including phenoxy) is 1. The zero-order valence-corrected chi connectivity index (χ0v) is 13.6. The number of piperazine rings is 1. The number of hydrogen-bond donors (Lipinski definition) is 2. The summed E-state index contributed by atoms with van der Waals surface area (Å²) in [5.74, 6) is -0.355. The molecule has 2 atom stereocenters. The molecule has 0 bridgehead atoms. The van der Waals surface area contributed by atoms with Crippen LogP contribution in [-0.4, -0.2) is 47.1 Å². The summed E-state index contributed by atoms with van der Waals surface area (Å²) in [6, 6.07) is 7.14. The standard InChI is InChI=1S/C17H24N2O4/c1-3-12(2)23-14-6-4-13(5-7-14)11-19-9-8-18-17(22)15(19)10-16(20)21/h4-7,12,15H,3,8-11H2,1-2H3,(H,18,22)(H,20,21). The molecular formula is C17H24N2O4. The molecule has 0 radical (unpaired) electrons. The zero-order valence-electron chi connectivity index (χ0n) is 13.6. The van der Waals surface area contributed by atoms with Crippen LogP contribution in [0.25, 0.3) is 0 Å². The molecule has 6 heteroatoms. The molecule has 1 heterocycles. The molecule has 0 aliphatic carbocycles. The highest BCUT2D eigenvalue weighted by Crippen LogP contribution is 2.18. The maximum Gasteiger partial charge on any atom is 0.305 e. The van der Waals surface area contributed by atoms with E-state index in [4.69, 9.17) is 9.84 Å². The highest BCUT2D eigenvalue weighted by atomic mass is 16.5. The summed E-state index contributed by atoms with van der Waals surface area (Å²) in [6.45, 7) is 5.84. The Hall–Kier alpha value is -2.08. The van der Waals surface area contributed by atoms with E-state index < -0.39 is 12.0 Å². The summed E-state index contributed by atoms with van der Waals surface area (Å²) < 4.78 is 5.74. The Kier molecular flexibility index (Phi) is 5.98. The van der Waals surface area contributed by atoms with Gasteiger partial charge in [0.2, 0.25) is 5.91 Å². The van der Waals surface area contributed by atoms with E-state index in [0.717, 1.165) is 17.7 Å². The van der Waals surface area contributed by atoms with Crippen molar-refractivity contribution in [1.82, 2.24) is 10.2 Å². The lowest BCUT2D eigenvalue weighted by Gasteiger charge is -2.34. The average molecular weight is 320 g/mol. The Morgan fingerprint density at radius 2 is 2.13 bits per heavy atom. The van der Waals surface area contributed by atoms with Gasteiger partial charge in [0.05, 0.1) is 12.5 Å². The second-order valence-corrected chi connectivity index (χ2v) is 5.86. The van der Waals surface area contributed by atoms with Crippen LogP contribution in [0.2, 0.25) is 0 Å². The van der Waals surface area contributed by atoms with Gasteiger partial charge >= 0.3 is 5.97 Å². The number of amides is 1. The Labute approximate surface area is 136 Å². The third-order valence-electron chi connectivity index (χ3n) is 4.03. The highest BCUT2D eigenvalue weighted by Gasteiger charge is 2.31. The summed E-state index contributed by atoms with van der Waals surface area (Å²) in [5, 5.41) is 11.7. The van der Waals surface area contributed by atoms with Crippen molar-refractivity contribution in [3.05, 3.63) is 29.8 Å². The van der Waals surface area contributed by atoms with E-state index in [-0.39, 0.29) is 18.4 Å². The van der Waals surface area contributed by atoms with Crippen LogP contribution in [0.5, 0.6) is 5.75 Å². The lowest BCUT2D eigenvalue weighted by molar-refractivity contribution is -0.143. The maximum atomic E-state index is 11.9. The fourth-order valence-corrected chi connectivity index (χ4v) is 2.56. The molecule has 2 rings (SSSR count). The Balaban J connectivity index is 2.01. The van der Waals surface area contributed by atoms with E-state index >= 15 is 0 Å². The predicted molar refractivity (Wildman–Crippen MR) is 86.3 cm³/mol. The first-order valence-electron chi connectivity index (χ1n) is 7.98. The summed E-state index contributed by atoms with van der Waals surface area (Å²) in [4.78, 5) is 24.8. The van der Waals surface area contributed by atoms with E-state index in [1.807, 2.05) is 36.1 Å². The highest BCUT2D eigenvalue weighted by molar-refractivity contribution is 5.86. The Morgan fingerprint density at radius 1 is 1.43 bits per heavy atom. The van der Waals surface area contributed by atoms with E-state index in [1.165, 1.54) is 0 Å². The van der Waals surface area contributed by atoms with E-state index in [1.54, 1.807) is 0 Å². The van der Waals surface area contributed by atoms with Crippen molar-refractivity contribution in [1.29, 1.82) is 0 Å². The second kappa shape index (κ2) is 7.97. The van der Waals surface area contributed by atoms with Crippen LogP contribution in [0.3, 0.4) is 0 Å². The second-order valence-electron chi connectivity index (χ2n) is 5.86. The van der Waals surface area contributed by atoms with Gasteiger partial charge in [0.25, 0.3) is 0 Å². The molecule has 1 amide bonds. The minimum atomic E-state index is -0.964. The van der Waals surface area contributed by atoms with Crippen LogP contribution in [0.15, 0.2) is 24.3 Å². The first-order chi connectivity index (χ1) is 11.0. The fraction of sp³-hybridized carbons (Fsp3) is 0.529. The van der Waals surface area contributed by atoms with Crippen molar-refractivity contribution in [2.75, 3.05) is 13.1 Å². The van der Waals surface area contributed by atoms with Gasteiger partial charge in [-0.1, -0.05) is 19.1 Å². The molecule has 126 valence electrons. The van der Waals surface area contributed by atoms with E-state index in [0.29, 0.717) is 19.6 Å². The van der Waals surface area contributed by atoms with Crippen LogP contribution in [-0.2, 0) is 16.1 Å². The number of nitrogens with one attached hydrogen (secondary N) is 1. The largest absolute Gasteiger partial charge is 0.491 e. The number of nitrogens with zero attached hydrogens (tertiary/aromatic N) is 1. The lowest BCUT2D eigenvalue weighted by Crippen LogP contribution is -2.55. The number of carboxylic acid groups (broad SMARTS) is 1. The van der Waals surface area contributed by atoms with Crippen molar-refractivity contribution in [3.63, 3.8) is 0 Å². The molecule has 1 aliphatic rings. The van der Waals surface area contributed by atoms with Crippen molar-refractivity contribution in [2.24, 2.45) is 0 Å². The molecule has 1 fully saturated rings. The quantitative estimate of drug-likeness (QED) is 0.798. The van der Waals surface area contributed by atoms with Gasteiger partial charge < -0.3 is 15.2 Å². The number of hydrogen-bond acceptors (Lipinski definition) is 4. The molecule has 0 aromatic heterocycles. The lowest BCUT2D eigenvalue weighted by atomic mass is 10.1. The summed E-state index contributed by atoms with van der Waals surface area (Å²) in [5.41, 5.74) is 1.03. The SMILES string of the molecule is CCC(C)Oc1ccc(CN2CCNC(=O)C2CC(=O)O)cc1. The third-order valence-corrected chi connectivity index (χ3v) is 4.03. The summed E-state index contributed by atoms with van der Waals surface area (Å²) in [7, 11) is 0. The Morgan fingerprint density at radius 3 is 2.74 bits per heavy atom. The molecule has 1 saturated heterocycles. The minimum absolute atomic E-state index is 0.173. The maximum absolute atomic E-state index is 11.9. The van der Waals surface area contributed by atoms with Crippen molar-refractivity contribution >= 4 is 11.9 Å². The molecule has 23 heavy (non-hydrogen) atoms. The van der Waals surface area contributed by atoms with Gasteiger partial charge in [0.1, 0.15) is 11.8 Å². The number of rotatable bonds is 7. The average Bonchev–Trinajstić information content (AvgIpc) is 2.52. The van der Waals surface area contributed by atoms with Gasteiger partial charge in [0, 0.05) is 19.6 Å². The normalized spacial score (nSPS) is 19.9. The molecule has 2 N–H and O–H groups in total. The molecular weight excluding hydrogens is 296 g/mol. The molecule has 1 aromatic carbocycles. The van der Waals surface area contributed by atoms with E-state index in [2.05, 4.69) is 12.2 Å². The summed E-state index contributed by atoms with van der Waals surface area (Å²) >= 11 is 0. The van der Waals surface area contributed by atoms with Crippen LogP contribution in [0.1, 0.15) is 32.3 Å². The van der Waals surface area contributed by atoms with Crippen LogP contribution >= 0.6 is 0 Å². The van der Waals surface area contributed by atoms with Crippen LogP contribution < -0.4 is 10.1 Å². The monoisotopic (exact) mass is 320 g/mol. The Bertz CT molecular complexity index is 544. The minimum Gasteiger partial charge on any atom is -0.491 e. The van der Waals surface area contributed by atoms with Gasteiger partial charge in [-0.05, 0) is 31.0 Å². The van der Waals surface area contributed by atoms with Crippen molar-refractivity contribution in [2.45, 2.75) is 45.4 Å². The van der Waals surface area contributed by atoms with Gasteiger partial charge in [0.15, 0.2) is 0 Å². The number of benzene rings is 1. The predicted octanol–water partition coefficient (Wildman–Crippen LogP) is 1.64. The molecule has 6 nitrogen and oxygen atoms in total. The van der Waals surface area contributed by atoms with Crippen molar-refractivity contribution in [3.8, 4) is 5.75 Å². The third kappa shape index (κ3) is 4.96. The topological polar surface area (TPSA) is 78.9 Å². The molecule has 0 spiro atoms. The summed E-state index contributed by atoms with van der Waals surface area (Å²) in [6.07, 6.45) is 0.939. The molecule has 0 saturated carbocycles. The zero-order chi connectivity index (χ0) is 16.8. The number of aliphatic carboxylic acids is 1. The fourth-order valence-electron chi connectivity index (χ4n) is 2.56. The van der Waals surface area contributed by atoms with Gasteiger partial charge in [-0.15, -0.1) is 0 Å². The molecule has 1 aromatic rings. The van der Waals surface area contributed by atoms with Crippen LogP contribution in [0.4, 0.5) is 0 Å². The first-order valence-corrected chi connectivity index (χ1v) is 7.98. The number of carbonyl (C=O) groups excluding carboxylic acids is 1. The van der Waals surface area contributed by atoms with Gasteiger partial charge in [-0.25, -0.2) is 0 Å². The van der Waals surface area contributed by atoms with Crippen molar-refractivity contribution < 1.29 is 19.4 Å². The van der Waals surface area contributed by atoms with E-state index in [9.17, 15) is 9.59 Å². The number of carbonyl (C=O) groups is 2. The molecule has 1 aliphatic heterocycles. The first kappa shape index (κ1) is 17.3. The van der Waals surface area contributed by atoms with Crippen LogP contribution in [0, 0.1) is 0 Å². The smallest absolute Gasteiger partial charge is 0.305 e.